The molecule has 0 radical (unpaired) electrons. The number of fused-ring (bicyclic) bond motifs is 5. The van der Waals surface area contributed by atoms with Crippen molar-refractivity contribution in [3.05, 3.63) is 0 Å². The molecule has 1 N–H and O–H groups in total. The fourth-order valence-electron chi connectivity index (χ4n) is 4.08. The predicted molar refractivity (Wildman–Crippen MR) is 56.5 cm³/mol. The number of nitrogens with one attached hydrogen (secondary N) is 1. The van der Waals surface area contributed by atoms with Crippen molar-refractivity contribution in [1.29, 1.82) is 0 Å². The van der Waals surface area contributed by atoms with Crippen molar-refractivity contribution in [2.75, 3.05) is 19.8 Å². The molecule has 0 spiro atoms. The molecule has 0 aliphatic heterocycles. The van der Waals surface area contributed by atoms with Gasteiger partial charge in [0.15, 0.2) is 0 Å². The van der Waals surface area contributed by atoms with Crippen molar-refractivity contribution in [1.82, 2.24) is 5.32 Å². The van der Waals surface area contributed by atoms with Gasteiger partial charge in [0.1, 0.15) is 6.61 Å². The summed E-state index contributed by atoms with van der Waals surface area (Å²) in [5.74, 6) is 3.46. The van der Waals surface area contributed by atoms with Crippen LogP contribution < -0.4 is 5.32 Å². The largest absolute Gasteiger partial charge is 0.411 e. The molecule has 3 fully saturated rings. The van der Waals surface area contributed by atoms with E-state index < -0.39 is 12.8 Å². The van der Waals surface area contributed by atoms with Gasteiger partial charge in [0, 0.05) is 12.6 Å². The lowest BCUT2D eigenvalue weighted by Gasteiger charge is -2.11. The molecule has 4 unspecified atom stereocenters. The minimum absolute atomic E-state index is 0.158. The van der Waals surface area contributed by atoms with Crippen LogP contribution in [0.1, 0.15) is 19.3 Å². The van der Waals surface area contributed by atoms with E-state index in [2.05, 4.69) is 10.1 Å². The van der Waals surface area contributed by atoms with Gasteiger partial charge in [0.05, 0.1) is 6.61 Å². The van der Waals surface area contributed by atoms with Gasteiger partial charge in [-0.25, -0.2) is 0 Å². The van der Waals surface area contributed by atoms with Gasteiger partial charge in [-0.15, -0.1) is 0 Å². The van der Waals surface area contributed by atoms with E-state index >= 15 is 0 Å². The molecule has 17 heavy (non-hydrogen) atoms. The first-order valence-corrected chi connectivity index (χ1v) is 6.44. The Kier molecular flexibility index (Phi) is 2.86. The second kappa shape index (κ2) is 4.12. The summed E-state index contributed by atoms with van der Waals surface area (Å²) in [6, 6.07) is 0.579. The third kappa shape index (κ3) is 2.32. The summed E-state index contributed by atoms with van der Waals surface area (Å²) in [7, 11) is 0. The smallest absolute Gasteiger partial charge is 0.371 e. The maximum atomic E-state index is 11.8. The Labute approximate surface area is 98.9 Å². The fraction of sp³-hybridized carbons (Fsp3) is 1.00. The molecule has 0 aromatic rings. The van der Waals surface area contributed by atoms with Gasteiger partial charge < -0.3 is 10.1 Å². The van der Waals surface area contributed by atoms with Gasteiger partial charge >= 0.3 is 6.18 Å². The predicted octanol–water partition coefficient (Wildman–Crippen LogP) is 2.20. The van der Waals surface area contributed by atoms with Crippen molar-refractivity contribution in [2.24, 2.45) is 23.7 Å². The van der Waals surface area contributed by atoms with Crippen molar-refractivity contribution >= 4 is 0 Å². The van der Waals surface area contributed by atoms with Gasteiger partial charge in [-0.05, 0) is 42.9 Å². The maximum Gasteiger partial charge on any atom is 0.411 e. The highest BCUT2D eigenvalue weighted by Gasteiger charge is 2.64. The van der Waals surface area contributed by atoms with E-state index in [0.29, 0.717) is 12.6 Å². The van der Waals surface area contributed by atoms with Crippen molar-refractivity contribution in [2.45, 2.75) is 31.5 Å². The van der Waals surface area contributed by atoms with Crippen LogP contribution >= 0.6 is 0 Å². The zero-order valence-corrected chi connectivity index (χ0v) is 9.67. The SMILES string of the molecule is FC(F)(F)COCCNC1C2C3CCC(C3)C12. The number of hydrogen-bond acceptors (Lipinski definition) is 2. The Balaban J connectivity index is 1.30. The molecule has 2 bridgehead atoms. The quantitative estimate of drug-likeness (QED) is 0.754. The molecule has 98 valence electrons. The second-order valence-corrected chi connectivity index (χ2v) is 5.64. The highest BCUT2D eigenvalue weighted by atomic mass is 19.4. The van der Waals surface area contributed by atoms with Crippen LogP contribution in [0.2, 0.25) is 0 Å². The van der Waals surface area contributed by atoms with E-state index in [9.17, 15) is 13.2 Å². The molecule has 3 rings (SSSR count). The Bertz CT molecular complexity index is 278. The summed E-state index contributed by atoms with van der Waals surface area (Å²) in [5, 5.41) is 3.35. The van der Waals surface area contributed by atoms with E-state index in [0.717, 1.165) is 23.7 Å². The lowest BCUT2D eigenvalue weighted by molar-refractivity contribution is -0.173. The Morgan fingerprint density at radius 2 is 1.76 bits per heavy atom. The van der Waals surface area contributed by atoms with Gasteiger partial charge in [0.25, 0.3) is 0 Å². The van der Waals surface area contributed by atoms with Gasteiger partial charge in [-0.2, -0.15) is 13.2 Å². The first-order chi connectivity index (χ1) is 8.06. The number of alkyl halides is 3. The van der Waals surface area contributed by atoms with E-state index in [1.807, 2.05) is 0 Å². The van der Waals surface area contributed by atoms with Crippen molar-refractivity contribution in [3.63, 3.8) is 0 Å². The third-order valence-corrected chi connectivity index (χ3v) is 4.63. The molecular weight excluding hydrogens is 231 g/mol. The average Bonchev–Trinajstić information content (AvgIpc) is 2.66. The van der Waals surface area contributed by atoms with E-state index in [1.165, 1.54) is 19.3 Å². The third-order valence-electron chi connectivity index (χ3n) is 4.63. The molecule has 0 heterocycles. The topological polar surface area (TPSA) is 21.3 Å². The summed E-state index contributed by atoms with van der Waals surface area (Å²) in [4.78, 5) is 0. The lowest BCUT2D eigenvalue weighted by Crippen LogP contribution is -2.28. The second-order valence-electron chi connectivity index (χ2n) is 5.64. The molecule has 0 saturated heterocycles. The van der Waals surface area contributed by atoms with E-state index in [1.54, 1.807) is 0 Å². The van der Waals surface area contributed by atoms with Crippen LogP contribution in [0.25, 0.3) is 0 Å². The fourth-order valence-corrected chi connectivity index (χ4v) is 4.08. The first kappa shape index (κ1) is 11.8. The van der Waals surface area contributed by atoms with E-state index in [-0.39, 0.29) is 6.61 Å². The maximum absolute atomic E-state index is 11.8. The molecule has 2 nitrogen and oxygen atoms in total. The molecule has 5 heteroatoms. The number of ether oxygens (including phenoxy) is 1. The summed E-state index contributed by atoms with van der Waals surface area (Å²) >= 11 is 0. The number of hydrogen-bond donors (Lipinski definition) is 1. The molecule has 0 aromatic carbocycles. The lowest BCUT2D eigenvalue weighted by atomic mass is 10.0. The van der Waals surface area contributed by atoms with Crippen LogP contribution in [0.15, 0.2) is 0 Å². The minimum atomic E-state index is -4.20. The monoisotopic (exact) mass is 249 g/mol. The van der Waals surface area contributed by atoms with Crippen LogP contribution in [-0.4, -0.2) is 32.0 Å². The van der Waals surface area contributed by atoms with Gasteiger partial charge in [0.2, 0.25) is 0 Å². The van der Waals surface area contributed by atoms with Gasteiger partial charge in [-0.3, -0.25) is 0 Å². The first-order valence-electron chi connectivity index (χ1n) is 6.44. The summed E-state index contributed by atoms with van der Waals surface area (Å²) in [5.41, 5.74) is 0. The van der Waals surface area contributed by atoms with Crippen LogP contribution in [0.4, 0.5) is 13.2 Å². The molecule has 0 amide bonds. The van der Waals surface area contributed by atoms with Crippen LogP contribution in [0.5, 0.6) is 0 Å². The Morgan fingerprint density at radius 3 is 2.35 bits per heavy atom. The highest BCUT2D eigenvalue weighted by molar-refractivity contribution is 5.16. The minimum Gasteiger partial charge on any atom is -0.371 e. The van der Waals surface area contributed by atoms with Crippen LogP contribution in [0.3, 0.4) is 0 Å². The number of rotatable bonds is 5. The molecule has 4 atom stereocenters. The average molecular weight is 249 g/mol. The van der Waals surface area contributed by atoms with Crippen molar-refractivity contribution in [3.8, 4) is 0 Å². The summed E-state index contributed by atoms with van der Waals surface area (Å²) in [6.07, 6.45) is -0.0591. The molecule has 0 aromatic heterocycles. The standard InChI is InChI=1S/C12H18F3NO/c13-12(14,15)6-17-4-3-16-11-9-7-1-2-8(5-7)10(9)11/h7-11,16H,1-6H2. The zero-order valence-electron chi connectivity index (χ0n) is 9.67. The van der Waals surface area contributed by atoms with Crippen molar-refractivity contribution < 1.29 is 17.9 Å². The molecule has 3 aliphatic rings. The molecule has 3 aliphatic carbocycles. The van der Waals surface area contributed by atoms with E-state index in [4.69, 9.17) is 0 Å². The molecular formula is C12H18F3NO. The summed E-state index contributed by atoms with van der Waals surface area (Å²) in [6.45, 7) is -0.421. The van der Waals surface area contributed by atoms with Gasteiger partial charge in [-0.1, -0.05) is 0 Å². The normalized spacial score (nSPS) is 42.9. The zero-order chi connectivity index (χ0) is 12.0. The molecule has 3 saturated carbocycles. The Hall–Kier alpha value is -0.290. The van der Waals surface area contributed by atoms with Crippen LogP contribution in [-0.2, 0) is 4.74 Å². The summed E-state index contributed by atoms with van der Waals surface area (Å²) < 4.78 is 40.0. The number of halogens is 3. The van der Waals surface area contributed by atoms with Crippen LogP contribution in [0, 0.1) is 23.7 Å². The highest BCUT2D eigenvalue weighted by Crippen LogP contribution is 2.65. The Morgan fingerprint density at radius 1 is 1.12 bits per heavy atom.